The Morgan fingerprint density at radius 2 is 2.04 bits per heavy atom. The number of benzene rings is 1. The maximum Gasteiger partial charge on any atom is 0.223 e. The molecule has 1 aliphatic carbocycles. The molecule has 6 nitrogen and oxygen atoms in total. The highest BCUT2D eigenvalue weighted by Gasteiger charge is 2.75. The van der Waals surface area contributed by atoms with Gasteiger partial charge in [-0.2, -0.15) is 0 Å². The van der Waals surface area contributed by atoms with E-state index >= 15 is 0 Å². The Bertz CT molecular complexity index is 661. The van der Waals surface area contributed by atoms with Crippen LogP contribution in [0.5, 0.6) is 5.75 Å². The van der Waals surface area contributed by atoms with Gasteiger partial charge in [-0.3, -0.25) is 0 Å². The van der Waals surface area contributed by atoms with Gasteiger partial charge in [-0.25, -0.2) is 0 Å². The Balaban J connectivity index is 1.52. The van der Waals surface area contributed by atoms with Gasteiger partial charge in [0, 0.05) is 18.0 Å². The molecule has 0 bridgehead atoms. The SMILES string of the molecule is COc1ccc(C2O[C@]34C=C[C@@H]5O[C@@H]5[C@]3(C[C@H](N)CO4)O2)cc1. The van der Waals surface area contributed by atoms with Crippen molar-refractivity contribution in [3.05, 3.63) is 42.0 Å². The van der Waals surface area contributed by atoms with E-state index in [1.54, 1.807) is 7.11 Å². The quantitative estimate of drug-likeness (QED) is 0.654. The molecule has 0 amide bonds. The molecule has 1 aromatic carbocycles. The summed E-state index contributed by atoms with van der Waals surface area (Å²) in [6.07, 6.45) is 4.11. The summed E-state index contributed by atoms with van der Waals surface area (Å²) in [6.45, 7) is 0.447. The van der Waals surface area contributed by atoms with E-state index in [-0.39, 0.29) is 18.2 Å². The topological polar surface area (TPSA) is 75.5 Å². The normalized spacial score (nSPS) is 46.7. The summed E-state index contributed by atoms with van der Waals surface area (Å²) < 4.78 is 29.6. The van der Waals surface area contributed by atoms with Crippen molar-refractivity contribution < 1.29 is 23.7 Å². The van der Waals surface area contributed by atoms with Crippen molar-refractivity contribution in [3.63, 3.8) is 0 Å². The Morgan fingerprint density at radius 3 is 2.83 bits per heavy atom. The zero-order chi connectivity index (χ0) is 15.7. The van der Waals surface area contributed by atoms with Gasteiger partial charge in [-0.05, 0) is 18.2 Å². The monoisotopic (exact) mass is 317 g/mol. The Hall–Kier alpha value is -1.44. The molecule has 0 spiro atoms. The summed E-state index contributed by atoms with van der Waals surface area (Å²) in [5.41, 5.74) is 6.38. The highest BCUT2D eigenvalue weighted by Crippen LogP contribution is 2.60. The minimum absolute atomic E-state index is 0.0536. The van der Waals surface area contributed by atoms with Crippen LogP contribution in [0.4, 0.5) is 0 Å². The van der Waals surface area contributed by atoms with Crippen molar-refractivity contribution >= 4 is 0 Å². The highest BCUT2D eigenvalue weighted by molar-refractivity contribution is 5.33. The van der Waals surface area contributed by atoms with Gasteiger partial charge < -0.3 is 29.4 Å². The number of methoxy groups -OCH3 is 1. The van der Waals surface area contributed by atoms with Crippen molar-refractivity contribution in [1.82, 2.24) is 0 Å². The third kappa shape index (κ3) is 1.81. The number of hydrogen-bond donors (Lipinski definition) is 1. The summed E-state index contributed by atoms with van der Waals surface area (Å²) >= 11 is 0. The van der Waals surface area contributed by atoms with Crippen LogP contribution in [0.1, 0.15) is 18.3 Å². The van der Waals surface area contributed by atoms with E-state index in [1.165, 1.54) is 0 Å². The maximum atomic E-state index is 6.39. The van der Waals surface area contributed by atoms with Crippen LogP contribution >= 0.6 is 0 Å². The molecule has 3 saturated heterocycles. The maximum absolute atomic E-state index is 6.39. The van der Waals surface area contributed by atoms with Crippen LogP contribution in [0.3, 0.4) is 0 Å². The molecule has 0 aromatic heterocycles. The first-order valence-corrected chi connectivity index (χ1v) is 7.90. The van der Waals surface area contributed by atoms with Gasteiger partial charge >= 0.3 is 0 Å². The zero-order valence-corrected chi connectivity index (χ0v) is 12.8. The van der Waals surface area contributed by atoms with Gasteiger partial charge in [-0.15, -0.1) is 0 Å². The van der Waals surface area contributed by atoms with Crippen molar-refractivity contribution in [2.75, 3.05) is 13.7 Å². The predicted molar refractivity (Wildman–Crippen MR) is 79.7 cm³/mol. The first-order valence-electron chi connectivity index (χ1n) is 7.90. The third-order valence-electron chi connectivity index (χ3n) is 5.14. The lowest BCUT2D eigenvalue weighted by atomic mass is 9.77. The molecule has 0 radical (unpaired) electrons. The number of fused-ring (bicyclic) bond motifs is 1. The molecule has 2 N–H and O–H groups in total. The summed E-state index contributed by atoms with van der Waals surface area (Å²) in [6, 6.07) is 7.58. The fraction of sp³-hybridized carbons (Fsp3) is 0.529. The molecule has 3 heterocycles. The summed E-state index contributed by atoms with van der Waals surface area (Å²) in [5, 5.41) is 0. The summed E-state index contributed by atoms with van der Waals surface area (Å²) in [5.74, 6) is -0.118. The van der Waals surface area contributed by atoms with Crippen LogP contribution < -0.4 is 10.5 Å². The van der Waals surface area contributed by atoms with Gasteiger partial charge in [-0.1, -0.05) is 18.2 Å². The molecular formula is C17H19NO5. The highest BCUT2D eigenvalue weighted by atomic mass is 16.8. The van der Waals surface area contributed by atoms with E-state index in [2.05, 4.69) is 0 Å². The lowest BCUT2D eigenvalue weighted by Crippen LogP contribution is -2.64. The van der Waals surface area contributed by atoms with Crippen molar-refractivity contribution in [2.24, 2.45) is 5.73 Å². The fourth-order valence-corrected chi connectivity index (χ4v) is 3.96. The Morgan fingerprint density at radius 1 is 1.22 bits per heavy atom. The molecule has 1 unspecified atom stereocenters. The summed E-state index contributed by atoms with van der Waals surface area (Å²) in [4.78, 5) is 0. The van der Waals surface area contributed by atoms with Crippen molar-refractivity contribution in [1.29, 1.82) is 0 Å². The van der Waals surface area contributed by atoms with E-state index in [4.69, 9.17) is 29.4 Å². The van der Waals surface area contributed by atoms with Crippen LogP contribution in [0, 0.1) is 0 Å². The van der Waals surface area contributed by atoms with E-state index in [9.17, 15) is 0 Å². The van der Waals surface area contributed by atoms with Gasteiger partial charge in [0.2, 0.25) is 5.79 Å². The fourth-order valence-electron chi connectivity index (χ4n) is 3.96. The molecule has 6 atom stereocenters. The van der Waals surface area contributed by atoms with E-state index in [0.29, 0.717) is 13.0 Å². The van der Waals surface area contributed by atoms with Crippen LogP contribution in [0.15, 0.2) is 36.4 Å². The first-order chi connectivity index (χ1) is 11.2. The molecule has 4 aliphatic rings. The number of rotatable bonds is 2. The van der Waals surface area contributed by atoms with Gasteiger partial charge in [0.25, 0.3) is 0 Å². The Kier molecular flexibility index (Phi) is 2.76. The third-order valence-corrected chi connectivity index (χ3v) is 5.14. The van der Waals surface area contributed by atoms with Gasteiger partial charge in [0.15, 0.2) is 11.9 Å². The predicted octanol–water partition coefficient (Wildman–Crippen LogP) is 1.26. The standard InChI is InChI=1S/C17H19NO5/c1-19-12-4-2-10(3-5-12)15-22-16-8-11(18)9-20-17(16,23-15)7-6-13-14(16)21-13/h2-7,11,13-15H,8-9,18H2,1H3/t11-,13-,14-,15?,16-,17+/m0/s1. The minimum atomic E-state index is -0.912. The lowest BCUT2D eigenvalue weighted by molar-refractivity contribution is -0.248. The number of hydrogen-bond acceptors (Lipinski definition) is 6. The van der Waals surface area contributed by atoms with Gasteiger partial charge in [0.05, 0.1) is 13.7 Å². The number of nitrogens with two attached hydrogens (primary N) is 1. The molecule has 6 heteroatoms. The second kappa shape index (κ2) is 4.55. The molecule has 3 fully saturated rings. The van der Waals surface area contributed by atoms with Crippen LogP contribution in [0.2, 0.25) is 0 Å². The average molecular weight is 317 g/mol. The number of ether oxygens (including phenoxy) is 5. The molecule has 122 valence electrons. The van der Waals surface area contributed by atoms with Crippen LogP contribution in [-0.2, 0) is 18.9 Å². The van der Waals surface area contributed by atoms with Crippen LogP contribution in [-0.4, -0.2) is 43.4 Å². The van der Waals surface area contributed by atoms with Crippen molar-refractivity contribution in [3.8, 4) is 5.75 Å². The molecular weight excluding hydrogens is 298 g/mol. The second-order valence-electron chi connectivity index (χ2n) is 6.55. The molecule has 23 heavy (non-hydrogen) atoms. The molecule has 5 rings (SSSR count). The largest absolute Gasteiger partial charge is 0.497 e. The first kappa shape index (κ1) is 13.9. The zero-order valence-electron chi connectivity index (χ0n) is 12.8. The van der Waals surface area contributed by atoms with E-state index in [1.807, 2.05) is 36.4 Å². The minimum Gasteiger partial charge on any atom is -0.497 e. The van der Waals surface area contributed by atoms with Gasteiger partial charge in [0.1, 0.15) is 18.0 Å². The number of epoxide rings is 1. The lowest BCUT2D eigenvalue weighted by Gasteiger charge is -2.46. The molecule has 3 aliphatic heterocycles. The average Bonchev–Trinajstić information content (AvgIpc) is 3.29. The van der Waals surface area contributed by atoms with Crippen LogP contribution in [0.25, 0.3) is 0 Å². The van der Waals surface area contributed by atoms with E-state index < -0.39 is 17.7 Å². The molecule has 0 saturated carbocycles. The second-order valence-corrected chi connectivity index (χ2v) is 6.55. The Labute approximate surface area is 134 Å². The molecule has 1 aromatic rings. The summed E-state index contributed by atoms with van der Waals surface area (Å²) in [7, 11) is 1.64. The van der Waals surface area contributed by atoms with E-state index in [0.717, 1.165) is 11.3 Å². The van der Waals surface area contributed by atoms with Crippen molar-refractivity contribution in [2.45, 2.75) is 42.3 Å². The smallest absolute Gasteiger partial charge is 0.223 e.